The van der Waals surface area contributed by atoms with Gasteiger partial charge in [-0.05, 0) is 12.5 Å². The molecule has 0 saturated carbocycles. The molecule has 1 aromatic heterocycles. The van der Waals surface area contributed by atoms with E-state index in [0.717, 1.165) is 25.1 Å². The number of nitrogens with one attached hydrogen (secondary N) is 1. The van der Waals surface area contributed by atoms with E-state index in [2.05, 4.69) is 9.97 Å². The summed E-state index contributed by atoms with van der Waals surface area (Å²) in [5, 5.41) is 9.66. The van der Waals surface area contributed by atoms with E-state index in [4.69, 9.17) is 4.74 Å². The Morgan fingerprint density at radius 3 is 2.89 bits per heavy atom. The minimum absolute atomic E-state index is 0.0289. The van der Waals surface area contributed by atoms with Crippen LogP contribution >= 0.6 is 0 Å². The van der Waals surface area contributed by atoms with Gasteiger partial charge >= 0.3 is 5.97 Å². The zero-order chi connectivity index (χ0) is 13.8. The number of hydrogen-bond acceptors (Lipinski definition) is 4. The van der Waals surface area contributed by atoms with Crippen LogP contribution in [0.3, 0.4) is 0 Å². The molecule has 2 N–H and O–H groups in total. The third-order valence-corrected chi connectivity index (χ3v) is 2.91. The maximum atomic E-state index is 12.0. The van der Waals surface area contributed by atoms with Crippen molar-refractivity contribution in [1.29, 1.82) is 0 Å². The van der Waals surface area contributed by atoms with Gasteiger partial charge in [0.15, 0.2) is 0 Å². The van der Waals surface area contributed by atoms with E-state index in [-0.39, 0.29) is 5.75 Å². The molecule has 2 rings (SSSR count). The van der Waals surface area contributed by atoms with E-state index in [1.165, 1.54) is 6.07 Å². The quantitative estimate of drug-likeness (QED) is 0.641. The van der Waals surface area contributed by atoms with Crippen LogP contribution in [0, 0.1) is 0 Å². The zero-order valence-electron chi connectivity index (χ0n) is 11.2. The summed E-state index contributed by atoms with van der Waals surface area (Å²) in [7, 11) is 0. The van der Waals surface area contributed by atoms with Crippen LogP contribution in [0.1, 0.15) is 42.9 Å². The predicted molar refractivity (Wildman–Crippen MR) is 72.3 cm³/mol. The number of rotatable bonds is 5. The Bertz CT molecular complexity index is 590. The number of aromatic amines is 1. The monoisotopic (exact) mass is 262 g/mol. The van der Waals surface area contributed by atoms with E-state index in [1.807, 2.05) is 13.8 Å². The minimum atomic E-state index is -0.441. The zero-order valence-corrected chi connectivity index (χ0v) is 11.2. The van der Waals surface area contributed by atoms with Crippen molar-refractivity contribution in [3.8, 4) is 5.75 Å². The maximum Gasteiger partial charge on any atom is 0.340 e. The van der Waals surface area contributed by atoms with Crippen LogP contribution < -0.4 is 0 Å². The lowest BCUT2D eigenvalue weighted by Gasteiger charge is -2.05. The lowest BCUT2D eigenvalue weighted by Crippen LogP contribution is -2.07. The first-order chi connectivity index (χ1) is 9.15. The largest absolute Gasteiger partial charge is 0.508 e. The Labute approximate surface area is 111 Å². The molecule has 0 aliphatic heterocycles. The lowest BCUT2D eigenvalue weighted by atomic mass is 10.1. The number of aromatic nitrogens is 2. The van der Waals surface area contributed by atoms with Crippen LogP contribution in [-0.2, 0) is 11.2 Å². The van der Waals surface area contributed by atoms with Crippen molar-refractivity contribution in [2.45, 2.75) is 33.1 Å². The minimum Gasteiger partial charge on any atom is -0.508 e. The summed E-state index contributed by atoms with van der Waals surface area (Å²) in [6.45, 7) is 4.38. The van der Waals surface area contributed by atoms with Crippen molar-refractivity contribution in [3.63, 3.8) is 0 Å². The number of imidazole rings is 1. The molecule has 0 radical (unpaired) electrons. The van der Waals surface area contributed by atoms with Crippen LogP contribution in [-0.4, -0.2) is 27.7 Å². The number of aromatic hydroxyl groups is 1. The summed E-state index contributed by atoms with van der Waals surface area (Å²) in [4.78, 5) is 19.4. The lowest BCUT2D eigenvalue weighted by molar-refractivity contribution is 0.0501. The molecule has 102 valence electrons. The third-order valence-electron chi connectivity index (χ3n) is 2.91. The number of hydrogen-bond donors (Lipinski definition) is 2. The number of aryl methyl sites for hydroxylation is 1. The number of phenols is 1. The number of ether oxygens (including phenoxy) is 1. The highest BCUT2D eigenvalue weighted by atomic mass is 16.5. The van der Waals surface area contributed by atoms with Gasteiger partial charge in [0.25, 0.3) is 0 Å². The molecule has 5 nitrogen and oxygen atoms in total. The standard InChI is InChI=1S/C14H18N2O3/c1-3-5-6-19-14(18)10-7-9(17)8-11-13(10)16-12(4-2)15-11/h7-8,17H,3-6H2,1-2H3,(H,15,16). The SMILES string of the molecule is CCCCOC(=O)c1cc(O)cc2[nH]c(CC)nc12. The maximum absolute atomic E-state index is 12.0. The molecule has 0 bridgehead atoms. The Kier molecular flexibility index (Phi) is 4.04. The van der Waals surface area contributed by atoms with Gasteiger partial charge in [-0.1, -0.05) is 20.3 Å². The van der Waals surface area contributed by atoms with Gasteiger partial charge in [0.05, 0.1) is 17.7 Å². The molecule has 0 unspecified atom stereocenters. The Morgan fingerprint density at radius 1 is 1.42 bits per heavy atom. The van der Waals surface area contributed by atoms with Crippen molar-refractivity contribution >= 4 is 17.0 Å². The van der Waals surface area contributed by atoms with Gasteiger partial charge in [-0.3, -0.25) is 0 Å². The van der Waals surface area contributed by atoms with Crippen LogP contribution in [0.25, 0.3) is 11.0 Å². The number of phenolic OH excluding ortho intramolecular Hbond substituents is 1. The molecule has 0 aliphatic rings. The summed E-state index contributed by atoms with van der Waals surface area (Å²) in [5.41, 5.74) is 1.51. The number of unbranched alkanes of at least 4 members (excludes halogenated alkanes) is 1. The van der Waals surface area contributed by atoms with Gasteiger partial charge in [0.2, 0.25) is 0 Å². The fourth-order valence-electron chi connectivity index (χ4n) is 1.86. The van der Waals surface area contributed by atoms with E-state index >= 15 is 0 Å². The first-order valence-corrected chi connectivity index (χ1v) is 6.54. The number of carbonyl (C=O) groups is 1. The van der Waals surface area contributed by atoms with Gasteiger partial charge < -0.3 is 14.8 Å². The van der Waals surface area contributed by atoms with Crippen molar-refractivity contribution in [3.05, 3.63) is 23.5 Å². The molecule has 0 aliphatic carbocycles. The molecule has 0 atom stereocenters. The van der Waals surface area contributed by atoms with Crippen LogP contribution in [0.5, 0.6) is 5.75 Å². The van der Waals surface area contributed by atoms with E-state index < -0.39 is 5.97 Å². The average Bonchev–Trinajstić information content (AvgIpc) is 2.80. The second-order valence-corrected chi connectivity index (χ2v) is 4.42. The number of esters is 1. The van der Waals surface area contributed by atoms with Crippen molar-refractivity contribution in [2.24, 2.45) is 0 Å². The molecule has 0 saturated heterocycles. The predicted octanol–water partition coefficient (Wildman–Crippen LogP) is 2.79. The van der Waals surface area contributed by atoms with Crippen molar-refractivity contribution < 1.29 is 14.6 Å². The van der Waals surface area contributed by atoms with E-state index in [1.54, 1.807) is 6.07 Å². The molecule has 0 spiro atoms. The molecule has 5 heteroatoms. The fourth-order valence-corrected chi connectivity index (χ4v) is 1.86. The molecule has 2 aromatic rings. The average molecular weight is 262 g/mol. The Morgan fingerprint density at radius 2 is 2.21 bits per heavy atom. The van der Waals surface area contributed by atoms with Gasteiger partial charge in [-0.2, -0.15) is 0 Å². The second kappa shape index (κ2) is 5.73. The Balaban J connectivity index is 2.35. The smallest absolute Gasteiger partial charge is 0.340 e. The highest BCUT2D eigenvalue weighted by Crippen LogP contribution is 2.24. The molecule has 1 aromatic carbocycles. The van der Waals surface area contributed by atoms with Gasteiger partial charge in [0.1, 0.15) is 17.1 Å². The number of carbonyl (C=O) groups excluding carboxylic acids is 1. The first kappa shape index (κ1) is 13.4. The number of H-pyrrole nitrogens is 1. The summed E-state index contributed by atoms with van der Waals surface area (Å²) in [6.07, 6.45) is 2.53. The molecule has 0 amide bonds. The van der Waals surface area contributed by atoms with E-state index in [9.17, 15) is 9.90 Å². The molecule has 0 fully saturated rings. The number of benzene rings is 1. The molecular weight excluding hydrogens is 244 g/mol. The van der Waals surface area contributed by atoms with Crippen LogP contribution in [0.4, 0.5) is 0 Å². The Hall–Kier alpha value is -2.04. The first-order valence-electron chi connectivity index (χ1n) is 6.54. The topological polar surface area (TPSA) is 75.2 Å². The molecular formula is C14H18N2O3. The van der Waals surface area contributed by atoms with Crippen molar-refractivity contribution in [1.82, 2.24) is 9.97 Å². The highest BCUT2D eigenvalue weighted by Gasteiger charge is 2.16. The number of fused-ring (bicyclic) bond motifs is 1. The summed E-state index contributed by atoms with van der Waals surface area (Å²) < 4.78 is 5.17. The van der Waals surface area contributed by atoms with Crippen LogP contribution in [0.2, 0.25) is 0 Å². The van der Waals surface area contributed by atoms with Crippen molar-refractivity contribution in [2.75, 3.05) is 6.61 Å². The molecule has 1 heterocycles. The highest BCUT2D eigenvalue weighted by molar-refractivity contribution is 6.02. The van der Waals surface area contributed by atoms with E-state index in [0.29, 0.717) is 23.2 Å². The summed E-state index contributed by atoms with van der Waals surface area (Å²) in [5.74, 6) is 0.368. The molecule has 19 heavy (non-hydrogen) atoms. The normalized spacial score (nSPS) is 10.8. The number of nitrogens with zero attached hydrogens (tertiary/aromatic N) is 1. The summed E-state index contributed by atoms with van der Waals surface area (Å²) in [6, 6.07) is 2.96. The second-order valence-electron chi connectivity index (χ2n) is 4.42. The van der Waals surface area contributed by atoms with Gasteiger partial charge in [0, 0.05) is 12.5 Å². The summed E-state index contributed by atoms with van der Waals surface area (Å²) >= 11 is 0. The van der Waals surface area contributed by atoms with Crippen LogP contribution in [0.15, 0.2) is 12.1 Å². The fraction of sp³-hybridized carbons (Fsp3) is 0.429. The van der Waals surface area contributed by atoms with Gasteiger partial charge in [-0.15, -0.1) is 0 Å². The third kappa shape index (κ3) is 2.86. The van der Waals surface area contributed by atoms with Gasteiger partial charge in [-0.25, -0.2) is 9.78 Å².